The molecule has 2 atom stereocenters. The van der Waals surface area contributed by atoms with E-state index < -0.39 is 0 Å². The molecule has 3 heteroatoms. The fourth-order valence-electron chi connectivity index (χ4n) is 2.35. The van der Waals surface area contributed by atoms with E-state index in [1.165, 1.54) is 17.0 Å². The Bertz CT molecular complexity index is 367. The highest BCUT2D eigenvalue weighted by Gasteiger charge is 2.23. The van der Waals surface area contributed by atoms with Crippen molar-refractivity contribution in [2.24, 2.45) is 0 Å². The van der Waals surface area contributed by atoms with Crippen molar-refractivity contribution in [3.05, 3.63) is 24.3 Å². The lowest BCUT2D eigenvalue weighted by Crippen LogP contribution is -2.55. The fraction of sp³-hybridized carbons (Fsp3) is 0.571. The van der Waals surface area contributed by atoms with Gasteiger partial charge in [-0.2, -0.15) is 0 Å². The Morgan fingerprint density at radius 3 is 3.00 bits per heavy atom. The minimum Gasteiger partial charge on any atom is -0.366 e. The van der Waals surface area contributed by atoms with E-state index in [-0.39, 0.29) is 0 Å². The zero-order valence-electron chi connectivity index (χ0n) is 10.9. The third-order valence-electron chi connectivity index (χ3n) is 3.53. The second-order valence-electron chi connectivity index (χ2n) is 4.72. The number of piperazine rings is 1. The highest BCUT2D eigenvalue weighted by atomic mass is 32.2. The van der Waals surface area contributed by atoms with Gasteiger partial charge >= 0.3 is 0 Å². The third-order valence-corrected chi connectivity index (χ3v) is 4.25. The molecule has 0 aromatic heterocycles. The molecule has 0 bridgehead atoms. The van der Waals surface area contributed by atoms with Crippen LogP contribution in [0.2, 0.25) is 0 Å². The van der Waals surface area contributed by atoms with Gasteiger partial charge in [0.05, 0.1) is 0 Å². The van der Waals surface area contributed by atoms with Crippen molar-refractivity contribution in [1.82, 2.24) is 5.32 Å². The highest BCUT2D eigenvalue weighted by Crippen LogP contribution is 2.25. The monoisotopic (exact) mass is 250 g/mol. The fourth-order valence-corrected chi connectivity index (χ4v) is 2.81. The van der Waals surface area contributed by atoms with Gasteiger partial charge in [0, 0.05) is 35.8 Å². The molecule has 1 aliphatic rings. The lowest BCUT2D eigenvalue weighted by Gasteiger charge is -2.40. The second-order valence-corrected chi connectivity index (χ2v) is 5.60. The van der Waals surface area contributed by atoms with Crippen LogP contribution in [0.5, 0.6) is 0 Å². The molecule has 2 rings (SSSR count). The second kappa shape index (κ2) is 5.78. The maximum Gasteiger partial charge on any atom is 0.0387 e. The summed E-state index contributed by atoms with van der Waals surface area (Å²) in [7, 11) is 0. The standard InChI is InChI=1S/C14H22N2S/c1-4-12-10-16(11(2)9-15-12)13-6-5-7-14(8-13)17-3/h5-8,11-12,15H,4,9-10H2,1-3H3. The van der Waals surface area contributed by atoms with Crippen LogP contribution in [0, 0.1) is 0 Å². The molecule has 1 heterocycles. The SMILES string of the molecule is CCC1CN(c2cccc(SC)c2)C(C)CN1. The van der Waals surface area contributed by atoms with Crippen LogP contribution in [0.3, 0.4) is 0 Å². The quantitative estimate of drug-likeness (QED) is 0.830. The number of nitrogens with one attached hydrogen (secondary N) is 1. The van der Waals surface area contributed by atoms with Gasteiger partial charge in [-0.05, 0) is 37.8 Å². The van der Waals surface area contributed by atoms with E-state index in [0.717, 1.165) is 13.1 Å². The number of hydrogen-bond acceptors (Lipinski definition) is 3. The van der Waals surface area contributed by atoms with Crippen LogP contribution in [0.1, 0.15) is 20.3 Å². The summed E-state index contributed by atoms with van der Waals surface area (Å²) in [6.45, 7) is 6.76. The lowest BCUT2D eigenvalue weighted by molar-refractivity contribution is 0.397. The first-order valence-corrected chi connectivity index (χ1v) is 7.61. The zero-order valence-corrected chi connectivity index (χ0v) is 11.8. The van der Waals surface area contributed by atoms with Gasteiger partial charge in [-0.25, -0.2) is 0 Å². The first kappa shape index (κ1) is 12.8. The van der Waals surface area contributed by atoms with Crippen LogP contribution in [0.15, 0.2) is 29.2 Å². The average Bonchev–Trinajstić information content (AvgIpc) is 2.39. The summed E-state index contributed by atoms with van der Waals surface area (Å²) in [4.78, 5) is 3.88. The number of hydrogen-bond donors (Lipinski definition) is 1. The topological polar surface area (TPSA) is 15.3 Å². The molecule has 0 aliphatic carbocycles. The Labute approximate surface area is 109 Å². The molecule has 1 aromatic rings. The lowest BCUT2D eigenvalue weighted by atomic mass is 10.1. The van der Waals surface area contributed by atoms with Crippen molar-refractivity contribution in [1.29, 1.82) is 0 Å². The van der Waals surface area contributed by atoms with Gasteiger partial charge in [0.2, 0.25) is 0 Å². The molecule has 17 heavy (non-hydrogen) atoms. The van der Waals surface area contributed by atoms with Gasteiger partial charge in [-0.3, -0.25) is 0 Å². The molecule has 94 valence electrons. The predicted molar refractivity (Wildman–Crippen MR) is 77.1 cm³/mol. The van der Waals surface area contributed by atoms with Crippen molar-refractivity contribution in [2.45, 2.75) is 37.2 Å². The maximum absolute atomic E-state index is 3.60. The molecule has 2 unspecified atom stereocenters. The van der Waals surface area contributed by atoms with Crippen molar-refractivity contribution >= 4 is 17.4 Å². The summed E-state index contributed by atoms with van der Waals surface area (Å²) in [5.74, 6) is 0. The number of rotatable bonds is 3. The Hall–Kier alpha value is -0.670. The molecule has 1 aliphatic heterocycles. The van der Waals surface area contributed by atoms with Crippen molar-refractivity contribution < 1.29 is 0 Å². The molecular weight excluding hydrogens is 228 g/mol. The Balaban J connectivity index is 2.18. The van der Waals surface area contributed by atoms with Crippen molar-refractivity contribution in [3.63, 3.8) is 0 Å². The summed E-state index contributed by atoms with van der Waals surface area (Å²) in [5, 5.41) is 3.60. The number of thioether (sulfide) groups is 1. The van der Waals surface area contributed by atoms with Crippen LogP contribution in [0.4, 0.5) is 5.69 Å². The molecule has 0 radical (unpaired) electrons. The smallest absolute Gasteiger partial charge is 0.0387 e. The van der Waals surface area contributed by atoms with Crippen molar-refractivity contribution in [2.75, 3.05) is 24.2 Å². The maximum atomic E-state index is 3.60. The summed E-state index contributed by atoms with van der Waals surface area (Å²) in [5.41, 5.74) is 1.37. The molecule has 1 aromatic carbocycles. The first-order valence-electron chi connectivity index (χ1n) is 6.38. The molecule has 0 amide bonds. The van der Waals surface area contributed by atoms with Crippen LogP contribution < -0.4 is 10.2 Å². The average molecular weight is 250 g/mol. The van der Waals surface area contributed by atoms with E-state index >= 15 is 0 Å². The van der Waals surface area contributed by atoms with E-state index in [0.29, 0.717) is 12.1 Å². The van der Waals surface area contributed by atoms with Crippen molar-refractivity contribution in [3.8, 4) is 0 Å². The molecule has 1 fully saturated rings. The van der Waals surface area contributed by atoms with Gasteiger partial charge in [0.1, 0.15) is 0 Å². The molecule has 1 N–H and O–H groups in total. The summed E-state index contributed by atoms with van der Waals surface area (Å²) in [6, 6.07) is 10.1. The number of benzene rings is 1. The Morgan fingerprint density at radius 2 is 2.29 bits per heavy atom. The van der Waals surface area contributed by atoms with Crippen LogP contribution in [-0.4, -0.2) is 31.4 Å². The van der Waals surface area contributed by atoms with E-state index in [1.54, 1.807) is 0 Å². The van der Waals surface area contributed by atoms with Gasteiger partial charge in [-0.1, -0.05) is 13.0 Å². The van der Waals surface area contributed by atoms with E-state index in [1.807, 2.05) is 11.8 Å². The molecule has 1 saturated heterocycles. The van der Waals surface area contributed by atoms with E-state index in [4.69, 9.17) is 0 Å². The van der Waals surface area contributed by atoms with Crippen LogP contribution in [0.25, 0.3) is 0 Å². The summed E-state index contributed by atoms with van der Waals surface area (Å²) in [6.07, 6.45) is 3.33. The number of anilines is 1. The normalized spacial score (nSPS) is 25.0. The molecule has 0 spiro atoms. The van der Waals surface area contributed by atoms with E-state index in [9.17, 15) is 0 Å². The predicted octanol–water partition coefficient (Wildman–Crippen LogP) is 2.99. The minimum absolute atomic E-state index is 0.579. The summed E-state index contributed by atoms with van der Waals surface area (Å²) < 4.78 is 0. The zero-order chi connectivity index (χ0) is 12.3. The summed E-state index contributed by atoms with van der Waals surface area (Å²) >= 11 is 1.81. The van der Waals surface area contributed by atoms with Gasteiger partial charge in [0.15, 0.2) is 0 Å². The minimum atomic E-state index is 0.579. The van der Waals surface area contributed by atoms with Gasteiger partial charge in [-0.15, -0.1) is 11.8 Å². The third kappa shape index (κ3) is 2.96. The highest BCUT2D eigenvalue weighted by molar-refractivity contribution is 7.98. The van der Waals surface area contributed by atoms with Gasteiger partial charge in [0.25, 0.3) is 0 Å². The first-order chi connectivity index (χ1) is 8.24. The Kier molecular flexibility index (Phi) is 4.35. The molecular formula is C14H22N2S. The Morgan fingerprint density at radius 1 is 1.47 bits per heavy atom. The van der Waals surface area contributed by atoms with E-state index in [2.05, 4.69) is 54.6 Å². The largest absolute Gasteiger partial charge is 0.366 e. The van der Waals surface area contributed by atoms with Crippen LogP contribution >= 0.6 is 11.8 Å². The molecule has 2 nitrogen and oxygen atoms in total. The number of nitrogens with zero attached hydrogens (tertiary/aromatic N) is 1. The van der Waals surface area contributed by atoms with Crippen LogP contribution in [-0.2, 0) is 0 Å². The molecule has 0 saturated carbocycles. The van der Waals surface area contributed by atoms with Gasteiger partial charge < -0.3 is 10.2 Å².